The largest absolute Gasteiger partial charge is 0.465 e. The van der Waals surface area contributed by atoms with Gasteiger partial charge >= 0.3 is 5.97 Å². The monoisotopic (exact) mass is 957 g/mol. The van der Waals surface area contributed by atoms with Gasteiger partial charge in [0.2, 0.25) is 5.91 Å². The Kier molecular flexibility index (Phi) is 38.8. The van der Waals surface area contributed by atoms with Gasteiger partial charge in [0.15, 0.2) is 0 Å². The fourth-order valence-corrected chi connectivity index (χ4v) is 5.17. The number of carbonyl (C=O) groups excluding carboxylic acids is 2. The Morgan fingerprint density at radius 3 is 1.53 bits per heavy atom. The van der Waals surface area contributed by atoms with E-state index >= 15 is 0 Å². The third kappa shape index (κ3) is 37.0. The highest BCUT2D eigenvalue weighted by Gasteiger charge is 2.44. The summed E-state index contributed by atoms with van der Waals surface area (Å²) in [6, 6.07) is 2.22. The van der Waals surface area contributed by atoms with Crippen molar-refractivity contribution in [3.8, 4) is 71.2 Å². The first-order valence-electron chi connectivity index (χ1n) is 21.4. The third-order valence-electron chi connectivity index (χ3n) is 8.16. The van der Waals surface area contributed by atoms with Crippen molar-refractivity contribution in [1.82, 2.24) is 9.80 Å². The van der Waals surface area contributed by atoms with E-state index in [1.165, 1.54) is 38.5 Å². The number of allylic oxidation sites excluding steroid dienone is 4. The molecule has 2 N–H and O–H groups in total. The van der Waals surface area contributed by atoms with Crippen molar-refractivity contribution >= 4 is 11.9 Å². The molecule has 1 aliphatic rings. The van der Waals surface area contributed by atoms with Gasteiger partial charge in [0.05, 0.1) is 18.6 Å². The summed E-state index contributed by atoms with van der Waals surface area (Å²) >= 11 is 0. The van der Waals surface area contributed by atoms with Crippen molar-refractivity contribution in [1.29, 1.82) is 0 Å². The first-order chi connectivity index (χ1) is 34.5. The quantitative estimate of drug-likeness (QED) is 0.0134. The molecule has 70 heavy (non-hydrogen) atoms. The lowest BCUT2D eigenvalue weighted by Gasteiger charge is -2.16. The topological polar surface area (TPSA) is 373 Å². The average Bonchev–Trinajstić information content (AvgIpc) is 3.67. The molecule has 0 aromatic carbocycles. The van der Waals surface area contributed by atoms with Gasteiger partial charge in [0, 0.05) is 85.8 Å². The summed E-state index contributed by atoms with van der Waals surface area (Å²) in [6.07, 6.45) is 23.4. The van der Waals surface area contributed by atoms with Crippen LogP contribution in [0.1, 0.15) is 90.4 Å². The lowest BCUT2D eigenvalue weighted by molar-refractivity contribution is -0.149. The predicted molar refractivity (Wildman–Crippen MR) is 246 cm³/mol. The van der Waals surface area contributed by atoms with E-state index in [-0.39, 0.29) is 19.1 Å². The van der Waals surface area contributed by atoms with E-state index in [1.54, 1.807) is 4.90 Å². The van der Waals surface area contributed by atoms with Gasteiger partial charge < -0.3 is 20.4 Å². The standard InChI is InChI=1S/C40H51N27O3/c1-4-5-6-7-8-9-10-11-12-13-14-17-20-23-26-29-34-67-36-38(40(69)70-35-30-33-66(2)3)37(39(67)68)31-27-24-21-18-15-16-19-22-25-28-32-42-44-46-48-50-52-54-56-58-60-62-64-65-63-61-59-57-55-53-51-49-47-45-43-41/h8-9,11-12,37-38H,4-7,10,13-14,17,20,23,26,29-30,33-36H2,1-3H3,(H2,41,42,45,46,49,50,53,54,57,58,61,62,65)/b9-8-,12-11-/t37?,38-/m1/s1. The summed E-state index contributed by atoms with van der Waals surface area (Å²) < 4.78 is 5.54. The van der Waals surface area contributed by atoms with E-state index in [2.05, 4.69) is 233 Å². The van der Waals surface area contributed by atoms with Crippen molar-refractivity contribution < 1.29 is 14.3 Å². The molecule has 0 aromatic heterocycles. The van der Waals surface area contributed by atoms with Crippen molar-refractivity contribution in [3.63, 3.8) is 0 Å². The zero-order valence-corrected chi connectivity index (χ0v) is 38.9. The highest BCUT2D eigenvalue weighted by atomic mass is 16.5. The SMILES string of the molecule is CCCCC/C=C\C/C=C\CCCCCCCCN1C[C@@H](C(=O)OCCCN(C)C)C(C#CC#CC#CC#CC#CC#CN=N/N=N/N=N/N=N/N=N/N=N/N=N/N=N/N=N/N=N/N=N/N=N/N)C1=O. The molecule has 0 spiro atoms. The number of likely N-dealkylation sites (tertiary alicyclic amines) is 1. The molecule has 0 aliphatic carbocycles. The molecule has 30 heteroatoms. The summed E-state index contributed by atoms with van der Waals surface area (Å²) in [5, 5.41) is 73.2. The summed E-state index contributed by atoms with van der Waals surface area (Å²) in [5.74, 6) is 30.5. The molecule has 1 rings (SSSR count). The van der Waals surface area contributed by atoms with Gasteiger partial charge in [0.1, 0.15) is 5.92 Å². The van der Waals surface area contributed by atoms with Gasteiger partial charge in [-0.05, 0) is 167 Å². The molecule has 1 heterocycles. The maximum absolute atomic E-state index is 13.4. The maximum atomic E-state index is 13.4. The predicted octanol–water partition coefficient (Wildman–Crippen LogP) is 9.71. The number of ether oxygens (including phenoxy) is 1. The molecule has 1 aliphatic heterocycles. The fraction of sp³-hybridized carbons (Fsp3) is 0.550. The molecule has 30 nitrogen and oxygen atoms in total. The first-order valence-corrected chi connectivity index (χ1v) is 21.4. The minimum absolute atomic E-state index is 0.184. The molecule has 1 unspecified atom stereocenters. The van der Waals surface area contributed by atoms with Crippen LogP contribution in [0.3, 0.4) is 0 Å². The number of carbonyl (C=O) groups is 2. The Bertz CT molecular complexity index is 2380. The molecule has 1 fully saturated rings. The number of hydrogen-bond acceptors (Lipinski definition) is 6. The zero-order valence-electron chi connectivity index (χ0n) is 38.9. The minimum atomic E-state index is -0.839. The Morgan fingerprint density at radius 1 is 0.586 bits per heavy atom. The van der Waals surface area contributed by atoms with Crippen molar-refractivity contribution in [2.75, 3.05) is 40.3 Å². The summed E-state index contributed by atoms with van der Waals surface area (Å²) in [4.78, 5) is 30.2. The van der Waals surface area contributed by atoms with Gasteiger partial charge in [-0.2, -0.15) is 0 Å². The normalized spacial score (nSPS) is 15.3. The number of hydrogen-bond donors (Lipinski definition) is 1. The van der Waals surface area contributed by atoms with Crippen LogP contribution in [0.15, 0.2) is 150 Å². The second-order valence-electron chi connectivity index (χ2n) is 13.5. The molecular weight excluding hydrogens is 907 g/mol. The molecular formula is C40H51N27O3. The highest BCUT2D eigenvalue weighted by molar-refractivity contribution is 5.91. The van der Waals surface area contributed by atoms with Crippen LogP contribution >= 0.6 is 0 Å². The van der Waals surface area contributed by atoms with E-state index in [4.69, 9.17) is 4.74 Å². The van der Waals surface area contributed by atoms with Gasteiger partial charge in [-0.25, -0.2) is 0 Å². The fourth-order valence-electron chi connectivity index (χ4n) is 5.17. The lowest BCUT2D eigenvalue weighted by atomic mass is 9.96. The van der Waals surface area contributed by atoms with Crippen LogP contribution < -0.4 is 5.84 Å². The second-order valence-corrected chi connectivity index (χ2v) is 13.5. The Hall–Kier alpha value is -9.26. The zero-order chi connectivity index (χ0) is 50.5. The Labute approximate surface area is 404 Å². The van der Waals surface area contributed by atoms with Crippen molar-refractivity contribution in [2.24, 2.45) is 143 Å². The van der Waals surface area contributed by atoms with Crippen LogP contribution in [0, 0.1) is 83.0 Å². The lowest BCUT2D eigenvalue weighted by Crippen LogP contribution is -2.28. The van der Waals surface area contributed by atoms with Crippen LogP contribution in [0.4, 0.5) is 0 Å². The summed E-state index contributed by atoms with van der Waals surface area (Å²) in [5.41, 5.74) is 0. The number of nitrogens with zero attached hydrogens (tertiary/aromatic N) is 26. The van der Waals surface area contributed by atoms with E-state index in [0.717, 1.165) is 45.1 Å². The molecule has 0 bridgehead atoms. The number of nitrogens with two attached hydrogens (primary N) is 1. The van der Waals surface area contributed by atoms with Crippen LogP contribution in [0.2, 0.25) is 0 Å². The van der Waals surface area contributed by atoms with Gasteiger partial charge in [-0.15, -0.1) is 0 Å². The number of unbranched alkanes of at least 4 members (excludes halogenated alkanes) is 9. The number of esters is 1. The van der Waals surface area contributed by atoms with Crippen molar-refractivity contribution in [3.05, 3.63) is 24.3 Å². The van der Waals surface area contributed by atoms with Gasteiger partial charge in [0.25, 0.3) is 0 Å². The molecule has 364 valence electrons. The minimum Gasteiger partial charge on any atom is -0.465 e. The molecule has 1 saturated heterocycles. The second kappa shape index (κ2) is 46.3. The van der Waals surface area contributed by atoms with E-state index in [1.807, 2.05) is 19.0 Å². The number of amides is 1. The van der Waals surface area contributed by atoms with E-state index < -0.39 is 17.8 Å². The Morgan fingerprint density at radius 2 is 1.03 bits per heavy atom. The number of rotatable bonds is 31. The summed E-state index contributed by atoms with van der Waals surface area (Å²) in [7, 11) is 3.90. The maximum Gasteiger partial charge on any atom is 0.312 e. The summed E-state index contributed by atoms with van der Waals surface area (Å²) in [6.45, 7) is 4.11. The molecule has 2 atom stereocenters. The van der Waals surface area contributed by atoms with Crippen molar-refractivity contribution in [2.45, 2.75) is 90.4 Å². The molecule has 0 radical (unpaired) electrons. The van der Waals surface area contributed by atoms with Crippen LogP contribution in [0.5, 0.6) is 0 Å². The Balaban J connectivity index is 2.50. The average molecular weight is 958 g/mol. The van der Waals surface area contributed by atoms with Gasteiger partial charge in [-0.3, -0.25) is 9.59 Å². The van der Waals surface area contributed by atoms with Crippen LogP contribution in [0.25, 0.3) is 0 Å². The first kappa shape index (κ1) is 58.8. The third-order valence-corrected chi connectivity index (χ3v) is 8.16. The van der Waals surface area contributed by atoms with E-state index in [9.17, 15) is 9.59 Å². The molecule has 1 amide bonds. The highest BCUT2D eigenvalue weighted by Crippen LogP contribution is 2.26. The molecule has 0 aromatic rings. The van der Waals surface area contributed by atoms with Crippen LogP contribution in [-0.2, 0) is 14.3 Å². The van der Waals surface area contributed by atoms with Gasteiger partial charge in [-0.1, -0.05) is 86.0 Å². The molecule has 0 saturated carbocycles. The van der Waals surface area contributed by atoms with Crippen LogP contribution in [-0.4, -0.2) is 62.0 Å². The van der Waals surface area contributed by atoms with E-state index in [0.29, 0.717) is 13.0 Å². The smallest absolute Gasteiger partial charge is 0.312 e.